The van der Waals surface area contributed by atoms with Crippen molar-refractivity contribution in [3.8, 4) is 28.0 Å². The van der Waals surface area contributed by atoms with Gasteiger partial charge in [-0.1, -0.05) is 86.5 Å². The molecule has 3 aromatic carbocycles. The highest BCUT2D eigenvalue weighted by Crippen LogP contribution is 2.39. The number of hydrogen-bond acceptors (Lipinski definition) is 1. The highest BCUT2D eigenvalue weighted by molar-refractivity contribution is 5.87. The fourth-order valence-electron chi connectivity index (χ4n) is 3.23. The Morgan fingerprint density at radius 1 is 0.708 bits per heavy atom. The minimum atomic E-state index is 0.407. The molecule has 0 bridgehead atoms. The zero-order valence-electron chi connectivity index (χ0n) is 14.2. The second-order valence-electron chi connectivity index (χ2n) is 6.17. The largest absolute Gasteiger partial charge is 0.508 e. The molecule has 0 radical (unpaired) electrons. The smallest absolute Gasteiger partial charge is 0.119 e. The van der Waals surface area contributed by atoms with Crippen LogP contribution in [0.3, 0.4) is 0 Å². The molecule has 1 heteroatoms. The standard InChI is InChI=1S/C23H24O/c1-2-3-6-15-21-22(24)17-16-20(18-11-7-4-8-12-18)23(21)19-13-9-5-10-14-19/h4-5,7-14,16-17,24H,2-3,6,15H2,1H3. The van der Waals surface area contributed by atoms with Crippen molar-refractivity contribution >= 4 is 0 Å². The summed E-state index contributed by atoms with van der Waals surface area (Å²) in [5, 5.41) is 10.5. The van der Waals surface area contributed by atoms with E-state index in [2.05, 4.69) is 55.5 Å². The summed E-state index contributed by atoms with van der Waals surface area (Å²) >= 11 is 0. The molecule has 0 atom stereocenters. The Morgan fingerprint density at radius 3 is 1.96 bits per heavy atom. The number of phenols is 1. The normalized spacial score (nSPS) is 10.7. The van der Waals surface area contributed by atoms with E-state index in [1.54, 1.807) is 0 Å². The van der Waals surface area contributed by atoms with E-state index in [-0.39, 0.29) is 0 Å². The minimum absolute atomic E-state index is 0.407. The van der Waals surface area contributed by atoms with Crippen LogP contribution in [0.5, 0.6) is 5.75 Å². The maximum Gasteiger partial charge on any atom is 0.119 e. The van der Waals surface area contributed by atoms with Crippen LogP contribution >= 0.6 is 0 Å². The average Bonchev–Trinajstić information content (AvgIpc) is 2.64. The zero-order chi connectivity index (χ0) is 16.8. The first-order valence-electron chi connectivity index (χ1n) is 8.77. The van der Waals surface area contributed by atoms with Crippen molar-refractivity contribution in [2.45, 2.75) is 32.6 Å². The third-order valence-corrected chi connectivity index (χ3v) is 4.47. The van der Waals surface area contributed by atoms with Gasteiger partial charge in [0.15, 0.2) is 0 Å². The molecule has 3 rings (SSSR count). The molecule has 0 saturated carbocycles. The van der Waals surface area contributed by atoms with Gasteiger partial charge in [-0.2, -0.15) is 0 Å². The van der Waals surface area contributed by atoms with Gasteiger partial charge in [0.05, 0.1) is 0 Å². The van der Waals surface area contributed by atoms with Crippen LogP contribution in [0.2, 0.25) is 0 Å². The highest BCUT2D eigenvalue weighted by Gasteiger charge is 2.15. The summed E-state index contributed by atoms with van der Waals surface area (Å²) in [5.74, 6) is 0.407. The Labute approximate surface area is 144 Å². The molecule has 0 fully saturated rings. The van der Waals surface area contributed by atoms with Crippen LogP contribution in [0, 0.1) is 0 Å². The van der Waals surface area contributed by atoms with Gasteiger partial charge in [-0.15, -0.1) is 0 Å². The van der Waals surface area contributed by atoms with Gasteiger partial charge in [0, 0.05) is 5.56 Å². The Morgan fingerprint density at radius 2 is 1.33 bits per heavy atom. The first-order valence-corrected chi connectivity index (χ1v) is 8.77. The van der Waals surface area contributed by atoms with Crippen molar-refractivity contribution in [3.63, 3.8) is 0 Å². The molecule has 0 saturated heterocycles. The van der Waals surface area contributed by atoms with Crippen LogP contribution in [-0.2, 0) is 6.42 Å². The first kappa shape index (κ1) is 16.3. The summed E-state index contributed by atoms with van der Waals surface area (Å²) in [6.07, 6.45) is 4.37. The van der Waals surface area contributed by atoms with E-state index in [9.17, 15) is 5.11 Å². The van der Waals surface area contributed by atoms with E-state index >= 15 is 0 Å². The molecule has 0 spiro atoms. The third kappa shape index (κ3) is 3.51. The molecular weight excluding hydrogens is 292 g/mol. The quantitative estimate of drug-likeness (QED) is 0.517. The van der Waals surface area contributed by atoms with Gasteiger partial charge < -0.3 is 5.11 Å². The van der Waals surface area contributed by atoms with E-state index < -0.39 is 0 Å². The summed E-state index contributed by atoms with van der Waals surface area (Å²) in [5.41, 5.74) is 5.77. The van der Waals surface area contributed by atoms with Crippen LogP contribution in [0.15, 0.2) is 72.8 Å². The third-order valence-electron chi connectivity index (χ3n) is 4.47. The molecule has 1 N–H and O–H groups in total. The van der Waals surface area contributed by atoms with Crippen LogP contribution in [0.4, 0.5) is 0 Å². The lowest BCUT2D eigenvalue weighted by Crippen LogP contribution is -1.95. The van der Waals surface area contributed by atoms with Gasteiger partial charge in [0.1, 0.15) is 5.75 Å². The Balaban J connectivity index is 2.17. The van der Waals surface area contributed by atoms with Gasteiger partial charge >= 0.3 is 0 Å². The number of benzene rings is 3. The van der Waals surface area contributed by atoms with E-state index in [0.717, 1.165) is 24.0 Å². The van der Waals surface area contributed by atoms with Crippen molar-refractivity contribution in [2.24, 2.45) is 0 Å². The molecule has 122 valence electrons. The summed E-state index contributed by atoms with van der Waals surface area (Å²) in [7, 11) is 0. The van der Waals surface area contributed by atoms with E-state index in [1.807, 2.05) is 24.3 Å². The van der Waals surface area contributed by atoms with E-state index in [4.69, 9.17) is 0 Å². The van der Waals surface area contributed by atoms with Crippen molar-refractivity contribution in [2.75, 3.05) is 0 Å². The summed E-state index contributed by atoms with van der Waals surface area (Å²) < 4.78 is 0. The zero-order valence-corrected chi connectivity index (χ0v) is 14.2. The number of hydrogen-bond donors (Lipinski definition) is 1. The van der Waals surface area contributed by atoms with E-state index in [1.165, 1.54) is 29.5 Å². The molecule has 0 aromatic heterocycles. The highest BCUT2D eigenvalue weighted by atomic mass is 16.3. The monoisotopic (exact) mass is 316 g/mol. The topological polar surface area (TPSA) is 20.2 Å². The SMILES string of the molecule is CCCCCc1c(O)ccc(-c2ccccc2)c1-c1ccccc1. The molecule has 0 aliphatic heterocycles. The summed E-state index contributed by atoms with van der Waals surface area (Å²) in [4.78, 5) is 0. The second kappa shape index (κ2) is 7.83. The molecule has 24 heavy (non-hydrogen) atoms. The minimum Gasteiger partial charge on any atom is -0.508 e. The van der Waals surface area contributed by atoms with Crippen molar-refractivity contribution in [1.82, 2.24) is 0 Å². The van der Waals surface area contributed by atoms with Gasteiger partial charge in [0.2, 0.25) is 0 Å². The molecule has 0 aliphatic rings. The fourth-order valence-corrected chi connectivity index (χ4v) is 3.23. The predicted molar refractivity (Wildman–Crippen MR) is 102 cm³/mol. The lowest BCUT2D eigenvalue weighted by molar-refractivity contribution is 0.467. The van der Waals surface area contributed by atoms with E-state index in [0.29, 0.717) is 5.75 Å². The summed E-state index contributed by atoms with van der Waals surface area (Å²) in [6, 6.07) is 24.7. The number of aromatic hydroxyl groups is 1. The summed E-state index contributed by atoms with van der Waals surface area (Å²) in [6.45, 7) is 2.21. The fraction of sp³-hybridized carbons (Fsp3) is 0.217. The molecule has 0 heterocycles. The van der Waals surface area contributed by atoms with Crippen LogP contribution in [-0.4, -0.2) is 5.11 Å². The van der Waals surface area contributed by atoms with Gasteiger partial charge in [-0.05, 0) is 41.2 Å². The predicted octanol–water partition coefficient (Wildman–Crippen LogP) is 6.46. The maximum absolute atomic E-state index is 10.5. The molecule has 0 unspecified atom stereocenters. The lowest BCUT2D eigenvalue weighted by Gasteiger charge is -2.17. The molecule has 1 nitrogen and oxygen atoms in total. The Kier molecular flexibility index (Phi) is 5.32. The molecule has 0 amide bonds. The van der Waals surface area contributed by atoms with Crippen molar-refractivity contribution in [1.29, 1.82) is 0 Å². The van der Waals surface area contributed by atoms with Gasteiger partial charge in [-0.3, -0.25) is 0 Å². The molecule has 3 aromatic rings. The first-order chi connectivity index (χ1) is 11.8. The Bertz CT molecular complexity index is 776. The Hall–Kier alpha value is -2.54. The number of rotatable bonds is 6. The second-order valence-corrected chi connectivity index (χ2v) is 6.17. The van der Waals surface area contributed by atoms with Crippen LogP contribution in [0.25, 0.3) is 22.3 Å². The van der Waals surface area contributed by atoms with Crippen LogP contribution in [0.1, 0.15) is 31.7 Å². The van der Waals surface area contributed by atoms with Gasteiger partial charge in [-0.25, -0.2) is 0 Å². The molecule has 0 aliphatic carbocycles. The maximum atomic E-state index is 10.5. The van der Waals surface area contributed by atoms with Crippen molar-refractivity contribution in [3.05, 3.63) is 78.4 Å². The van der Waals surface area contributed by atoms with Crippen LogP contribution < -0.4 is 0 Å². The average molecular weight is 316 g/mol. The molecular formula is C23H24O. The lowest BCUT2D eigenvalue weighted by atomic mass is 9.88. The van der Waals surface area contributed by atoms with Gasteiger partial charge in [0.25, 0.3) is 0 Å². The number of phenolic OH excluding ortho intramolecular Hbond substituents is 1. The van der Waals surface area contributed by atoms with Crippen molar-refractivity contribution < 1.29 is 5.11 Å². The number of unbranched alkanes of at least 4 members (excludes halogenated alkanes) is 2.